The third-order valence-corrected chi connectivity index (χ3v) is 2.95. The molecule has 0 saturated heterocycles. The van der Waals surface area contributed by atoms with E-state index in [4.69, 9.17) is 0 Å². The summed E-state index contributed by atoms with van der Waals surface area (Å²) in [6.07, 6.45) is 3.31. The highest BCUT2D eigenvalue weighted by molar-refractivity contribution is 5.10. The van der Waals surface area contributed by atoms with E-state index in [1.54, 1.807) is 0 Å². The molecule has 1 N–H and O–H groups in total. The summed E-state index contributed by atoms with van der Waals surface area (Å²) < 4.78 is 2.30. The van der Waals surface area contributed by atoms with Crippen LogP contribution in [0.3, 0.4) is 0 Å². The van der Waals surface area contributed by atoms with Gasteiger partial charge in [0.1, 0.15) is 0 Å². The molecule has 0 amide bonds. The zero-order chi connectivity index (χ0) is 12.8. The molecule has 3 heteroatoms. The zero-order valence-electron chi connectivity index (χ0n) is 11.2. The van der Waals surface area contributed by atoms with Gasteiger partial charge in [-0.3, -0.25) is 4.98 Å². The SMILES string of the molecule is CCCn1cccc1CNCc1cccc(C)n1. The predicted octanol–water partition coefficient (Wildman–Crippen LogP) is 2.89. The lowest BCUT2D eigenvalue weighted by Gasteiger charge is -2.09. The third-order valence-electron chi connectivity index (χ3n) is 2.95. The first kappa shape index (κ1) is 12.8. The molecule has 0 fully saturated rings. The molecule has 0 aromatic carbocycles. The molecule has 2 heterocycles. The average Bonchev–Trinajstić information content (AvgIpc) is 2.78. The molecule has 0 bridgehead atoms. The second-order valence-corrected chi connectivity index (χ2v) is 4.57. The van der Waals surface area contributed by atoms with Crippen molar-refractivity contribution in [2.24, 2.45) is 0 Å². The molecule has 18 heavy (non-hydrogen) atoms. The number of nitrogens with zero attached hydrogens (tertiary/aromatic N) is 2. The number of pyridine rings is 1. The van der Waals surface area contributed by atoms with E-state index in [2.05, 4.69) is 52.3 Å². The largest absolute Gasteiger partial charge is 0.350 e. The van der Waals surface area contributed by atoms with Crippen molar-refractivity contribution in [1.82, 2.24) is 14.9 Å². The van der Waals surface area contributed by atoms with Crippen LogP contribution in [0, 0.1) is 6.92 Å². The van der Waals surface area contributed by atoms with Crippen LogP contribution in [-0.4, -0.2) is 9.55 Å². The molecule has 96 valence electrons. The van der Waals surface area contributed by atoms with Crippen LogP contribution in [0.15, 0.2) is 36.5 Å². The molecular formula is C15H21N3. The van der Waals surface area contributed by atoms with Gasteiger partial charge in [0.15, 0.2) is 0 Å². The normalized spacial score (nSPS) is 10.8. The lowest BCUT2D eigenvalue weighted by atomic mass is 10.3. The van der Waals surface area contributed by atoms with Crippen LogP contribution >= 0.6 is 0 Å². The van der Waals surface area contributed by atoms with E-state index < -0.39 is 0 Å². The van der Waals surface area contributed by atoms with Gasteiger partial charge in [-0.2, -0.15) is 0 Å². The molecule has 3 nitrogen and oxygen atoms in total. The van der Waals surface area contributed by atoms with Crippen LogP contribution in [-0.2, 0) is 19.6 Å². The minimum Gasteiger partial charge on any atom is -0.350 e. The number of hydrogen-bond donors (Lipinski definition) is 1. The molecule has 0 unspecified atom stereocenters. The van der Waals surface area contributed by atoms with Gasteiger partial charge in [-0.15, -0.1) is 0 Å². The summed E-state index contributed by atoms with van der Waals surface area (Å²) >= 11 is 0. The highest BCUT2D eigenvalue weighted by atomic mass is 15.0. The van der Waals surface area contributed by atoms with Gasteiger partial charge in [-0.1, -0.05) is 13.0 Å². The minimum atomic E-state index is 0.818. The van der Waals surface area contributed by atoms with Crippen molar-refractivity contribution in [3.63, 3.8) is 0 Å². The van der Waals surface area contributed by atoms with Crippen molar-refractivity contribution in [1.29, 1.82) is 0 Å². The monoisotopic (exact) mass is 243 g/mol. The molecule has 2 aromatic rings. The van der Waals surface area contributed by atoms with Gasteiger partial charge in [0.25, 0.3) is 0 Å². The van der Waals surface area contributed by atoms with Crippen molar-refractivity contribution >= 4 is 0 Å². The minimum absolute atomic E-state index is 0.818. The summed E-state index contributed by atoms with van der Waals surface area (Å²) in [6.45, 7) is 7.03. The van der Waals surface area contributed by atoms with Gasteiger partial charge in [-0.05, 0) is 37.6 Å². The van der Waals surface area contributed by atoms with Gasteiger partial charge in [0, 0.05) is 37.2 Å². The van der Waals surface area contributed by atoms with E-state index in [0.717, 1.165) is 31.0 Å². The Balaban J connectivity index is 1.86. The molecule has 2 rings (SSSR count). The molecule has 0 aliphatic rings. The summed E-state index contributed by atoms with van der Waals surface area (Å²) in [5, 5.41) is 3.45. The van der Waals surface area contributed by atoms with Crippen molar-refractivity contribution in [3.8, 4) is 0 Å². The third kappa shape index (κ3) is 3.44. The number of aromatic nitrogens is 2. The maximum atomic E-state index is 4.48. The number of hydrogen-bond acceptors (Lipinski definition) is 2. The van der Waals surface area contributed by atoms with Crippen LogP contribution in [0.2, 0.25) is 0 Å². The fourth-order valence-corrected chi connectivity index (χ4v) is 2.09. The van der Waals surface area contributed by atoms with E-state index in [9.17, 15) is 0 Å². The van der Waals surface area contributed by atoms with Crippen LogP contribution in [0.4, 0.5) is 0 Å². The summed E-state index contributed by atoms with van der Waals surface area (Å²) in [4.78, 5) is 4.48. The fraction of sp³-hybridized carbons (Fsp3) is 0.400. The van der Waals surface area contributed by atoms with Gasteiger partial charge < -0.3 is 9.88 Å². The second kappa shape index (κ2) is 6.36. The zero-order valence-corrected chi connectivity index (χ0v) is 11.2. The summed E-state index contributed by atoms with van der Waals surface area (Å²) in [6, 6.07) is 10.4. The topological polar surface area (TPSA) is 29.9 Å². The highest BCUT2D eigenvalue weighted by Crippen LogP contribution is 2.04. The Morgan fingerprint density at radius 3 is 2.83 bits per heavy atom. The van der Waals surface area contributed by atoms with Crippen LogP contribution in [0.5, 0.6) is 0 Å². The Morgan fingerprint density at radius 1 is 1.17 bits per heavy atom. The molecule has 0 saturated carbocycles. The first-order valence-corrected chi connectivity index (χ1v) is 6.57. The predicted molar refractivity (Wildman–Crippen MR) is 74.2 cm³/mol. The van der Waals surface area contributed by atoms with E-state index in [-0.39, 0.29) is 0 Å². The van der Waals surface area contributed by atoms with Gasteiger partial charge in [0.05, 0.1) is 5.69 Å². The van der Waals surface area contributed by atoms with Crippen molar-refractivity contribution < 1.29 is 0 Å². The molecule has 0 atom stereocenters. The van der Waals surface area contributed by atoms with Crippen LogP contribution in [0.1, 0.15) is 30.4 Å². The maximum absolute atomic E-state index is 4.48. The van der Waals surface area contributed by atoms with Gasteiger partial charge in [-0.25, -0.2) is 0 Å². The standard InChI is InChI=1S/C15H21N3/c1-3-9-18-10-5-8-15(18)12-16-11-14-7-4-6-13(2)17-14/h4-8,10,16H,3,9,11-12H2,1-2H3. The van der Waals surface area contributed by atoms with Gasteiger partial charge in [0.2, 0.25) is 0 Å². The van der Waals surface area contributed by atoms with Crippen LogP contribution in [0.25, 0.3) is 0 Å². The van der Waals surface area contributed by atoms with Crippen molar-refractivity contribution in [3.05, 3.63) is 53.6 Å². The molecule has 2 aromatic heterocycles. The Morgan fingerprint density at radius 2 is 2.06 bits per heavy atom. The summed E-state index contributed by atoms with van der Waals surface area (Å²) in [7, 11) is 0. The van der Waals surface area contributed by atoms with Crippen LogP contribution < -0.4 is 5.32 Å². The van der Waals surface area contributed by atoms with Crippen molar-refractivity contribution in [2.75, 3.05) is 0 Å². The molecular weight excluding hydrogens is 222 g/mol. The molecule has 0 radical (unpaired) electrons. The summed E-state index contributed by atoms with van der Waals surface area (Å²) in [5.41, 5.74) is 3.51. The van der Waals surface area contributed by atoms with E-state index in [1.165, 1.54) is 12.1 Å². The second-order valence-electron chi connectivity index (χ2n) is 4.57. The number of aryl methyl sites for hydroxylation is 2. The fourth-order valence-electron chi connectivity index (χ4n) is 2.09. The quantitative estimate of drug-likeness (QED) is 0.845. The Hall–Kier alpha value is -1.61. The average molecular weight is 243 g/mol. The smallest absolute Gasteiger partial charge is 0.0544 e. The lowest BCUT2D eigenvalue weighted by Crippen LogP contribution is -2.16. The first-order valence-electron chi connectivity index (χ1n) is 6.57. The Kier molecular flexibility index (Phi) is 4.53. The van der Waals surface area contributed by atoms with Crippen molar-refractivity contribution in [2.45, 2.75) is 39.9 Å². The first-order chi connectivity index (χ1) is 8.79. The maximum Gasteiger partial charge on any atom is 0.0544 e. The molecule has 0 spiro atoms. The highest BCUT2D eigenvalue weighted by Gasteiger charge is 2.00. The van der Waals surface area contributed by atoms with E-state index in [1.807, 2.05) is 13.0 Å². The summed E-state index contributed by atoms with van der Waals surface area (Å²) in [5.74, 6) is 0. The van der Waals surface area contributed by atoms with E-state index in [0.29, 0.717) is 0 Å². The molecule has 0 aliphatic heterocycles. The molecule has 0 aliphatic carbocycles. The lowest BCUT2D eigenvalue weighted by molar-refractivity contribution is 0.598. The van der Waals surface area contributed by atoms with E-state index >= 15 is 0 Å². The Bertz CT molecular complexity index is 488. The number of rotatable bonds is 6. The Labute approximate surface area is 109 Å². The number of nitrogens with one attached hydrogen (secondary N) is 1. The van der Waals surface area contributed by atoms with Gasteiger partial charge >= 0.3 is 0 Å².